The average Bonchev–Trinajstić information content (AvgIpc) is 2.60. The van der Waals surface area contributed by atoms with Gasteiger partial charge in [-0.2, -0.15) is 0 Å². The maximum Gasteiger partial charge on any atom is 0.222 e. The number of hydrogen-bond donors (Lipinski definition) is 2. The summed E-state index contributed by atoms with van der Waals surface area (Å²) in [4.78, 5) is 12.5. The first-order chi connectivity index (χ1) is 12.7. The minimum absolute atomic E-state index is 0.0325. The molecule has 0 aliphatic rings. The largest absolute Gasteiger partial charge is 0.497 e. The van der Waals surface area contributed by atoms with Crippen LogP contribution in [0.3, 0.4) is 0 Å². The zero-order valence-electron chi connectivity index (χ0n) is 15.4. The summed E-state index contributed by atoms with van der Waals surface area (Å²) in [6.07, 6.45) is 1.03. The van der Waals surface area contributed by atoms with E-state index in [4.69, 9.17) is 16.3 Å². The fourth-order valence-electron chi connectivity index (χ4n) is 2.64. The number of methoxy groups -OCH3 is 1. The highest BCUT2D eigenvalue weighted by molar-refractivity contribution is 7.88. The first-order valence-electron chi connectivity index (χ1n) is 8.34. The summed E-state index contributed by atoms with van der Waals surface area (Å²) in [5, 5.41) is 3.43. The molecule has 0 radical (unpaired) electrons. The Balaban J connectivity index is 2.08. The van der Waals surface area contributed by atoms with Gasteiger partial charge in [-0.3, -0.25) is 4.79 Å². The second-order valence-electron chi connectivity index (χ2n) is 6.26. The molecule has 8 heteroatoms. The van der Waals surface area contributed by atoms with Gasteiger partial charge >= 0.3 is 0 Å². The number of amides is 1. The summed E-state index contributed by atoms with van der Waals surface area (Å²) in [6.45, 7) is 1.86. The average molecular weight is 411 g/mol. The highest BCUT2D eigenvalue weighted by Crippen LogP contribution is 2.22. The lowest BCUT2D eigenvalue weighted by Gasteiger charge is -2.20. The predicted octanol–water partition coefficient (Wildman–Crippen LogP) is 3.21. The van der Waals surface area contributed by atoms with Crippen molar-refractivity contribution >= 4 is 27.5 Å². The minimum atomic E-state index is -3.49. The summed E-state index contributed by atoms with van der Waals surface area (Å²) in [7, 11) is -1.90. The summed E-state index contributed by atoms with van der Waals surface area (Å²) >= 11 is 5.89. The lowest BCUT2D eigenvalue weighted by molar-refractivity contribution is -0.122. The van der Waals surface area contributed by atoms with E-state index in [1.165, 1.54) is 0 Å². The number of ether oxygens (including phenoxy) is 1. The van der Waals surface area contributed by atoms with Crippen LogP contribution >= 0.6 is 11.6 Å². The van der Waals surface area contributed by atoms with Crippen molar-refractivity contribution in [1.29, 1.82) is 0 Å². The zero-order chi connectivity index (χ0) is 20.0. The van der Waals surface area contributed by atoms with Crippen LogP contribution in [0.15, 0.2) is 48.5 Å². The monoisotopic (exact) mass is 410 g/mol. The molecule has 0 unspecified atom stereocenters. The van der Waals surface area contributed by atoms with E-state index >= 15 is 0 Å². The second kappa shape index (κ2) is 9.21. The SMILES string of the molecule is COc1ccc([C@@H](C)NC(=O)C[C@@H](NS(C)(=O)=O)c2ccc(Cl)cc2)cc1. The Labute approximate surface area is 164 Å². The molecular weight excluding hydrogens is 388 g/mol. The standard InChI is InChI=1S/C19H23ClN2O4S/c1-13(14-6-10-17(26-2)11-7-14)21-19(23)12-18(22-27(3,24)25)15-4-8-16(20)9-5-15/h4-11,13,18,22H,12H2,1-3H3,(H,21,23)/t13-,18-/m1/s1. The minimum Gasteiger partial charge on any atom is -0.497 e. The van der Waals surface area contributed by atoms with Gasteiger partial charge in [0.15, 0.2) is 0 Å². The van der Waals surface area contributed by atoms with E-state index in [-0.39, 0.29) is 18.4 Å². The third-order valence-electron chi connectivity index (χ3n) is 4.01. The number of rotatable bonds is 8. The molecule has 0 fully saturated rings. The van der Waals surface area contributed by atoms with Crippen molar-refractivity contribution in [3.63, 3.8) is 0 Å². The molecule has 0 spiro atoms. The first-order valence-corrected chi connectivity index (χ1v) is 10.6. The van der Waals surface area contributed by atoms with Crippen molar-refractivity contribution < 1.29 is 17.9 Å². The topological polar surface area (TPSA) is 84.5 Å². The van der Waals surface area contributed by atoms with Gasteiger partial charge in [0, 0.05) is 11.4 Å². The second-order valence-corrected chi connectivity index (χ2v) is 8.48. The third-order valence-corrected chi connectivity index (χ3v) is 4.98. The molecule has 0 saturated carbocycles. The van der Waals surface area contributed by atoms with E-state index in [1.807, 2.05) is 31.2 Å². The van der Waals surface area contributed by atoms with Gasteiger partial charge in [0.25, 0.3) is 0 Å². The van der Waals surface area contributed by atoms with E-state index < -0.39 is 16.1 Å². The Bertz CT molecular complexity index is 868. The van der Waals surface area contributed by atoms with Crippen molar-refractivity contribution in [3.8, 4) is 5.75 Å². The molecule has 0 heterocycles. The number of carbonyl (C=O) groups is 1. The summed E-state index contributed by atoms with van der Waals surface area (Å²) < 4.78 is 31.0. The van der Waals surface area contributed by atoms with Crippen LogP contribution in [0.2, 0.25) is 5.02 Å². The van der Waals surface area contributed by atoms with Crippen LogP contribution in [0, 0.1) is 0 Å². The Morgan fingerprint density at radius 3 is 2.15 bits per heavy atom. The van der Waals surface area contributed by atoms with Gasteiger partial charge < -0.3 is 10.1 Å². The van der Waals surface area contributed by atoms with Gasteiger partial charge in [-0.1, -0.05) is 35.9 Å². The van der Waals surface area contributed by atoms with E-state index in [0.29, 0.717) is 10.6 Å². The van der Waals surface area contributed by atoms with Gasteiger partial charge in [0.05, 0.1) is 25.4 Å². The maximum atomic E-state index is 12.5. The first kappa shape index (κ1) is 21.2. The molecule has 2 N–H and O–H groups in total. The van der Waals surface area contributed by atoms with Gasteiger partial charge in [-0.05, 0) is 42.3 Å². The molecule has 2 rings (SSSR count). The molecule has 2 aromatic carbocycles. The molecule has 0 bridgehead atoms. The Morgan fingerprint density at radius 2 is 1.63 bits per heavy atom. The molecular formula is C19H23ClN2O4S. The van der Waals surface area contributed by atoms with Crippen molar-refractivity contribution in [2.75, 3.05) is 13.4 Å². The smallest absolute Gasteiger partial charge is 0.222 e. The van der Waals surface area contributed by atoms with E-state index in [0.717, 1.165) is 17.6 Å². The molecule has 2 atom stereocenters. The van der Waals surface area contributed by atoms with Gasteiger partial charge in [0.1, 0.15) is 5.75 Å². The predicted molar refractivity (Wildman–Crippen MR) is 106 cm³/mol. The van der Waals surface area contributed by atoms with Gasteiger partial charge in [-0.25, -0.2) is 13.1 Å². The molecule has 146 valence electrons. The fraction of sp³-hybridized carbons (Fsp3) is 0.316. The van der Waals surface area contributed by atoms with Crippen molar-refractivity contribution in [2.24, 2.45) is 0 Å². The fourth-order valence-corrected chi connectivity index (χ4v) is 3.51. The van der Waals surface area contributed by atoms with Crippen LogP contribution < -0.4 is 14.8 Å². The van der Waals surface area contributed by atoms with Crippen molar-refractivity contribution in [3.05, 3.63) is 64.7 Å². The number of sulfonamides is 1. The van der Waals surface area contributed by atoms with Crippen LogP contribution in [0.1, 0.15) is 36.6 Å². The lowest BCUT2D eigenvalue weighted by Crippen LogP contribution is -2.34. The van der Waals surface area contributed by atoms with Crippen molar-refractivity contribution in [1.82, 2.24) is 10.0 Å². The molecule has 2 aromatic rings. The normalized spacial score (nSPS) is 13.6. The van der Waals surface area contributed by atoms with E-state index in [9.17, 15) is 13.2 Å². The number of hydrogen-bond acceptors (Lipinski definition) is 4. The quantitative estimate of drug-likeness (QED) is 0.699. The maximum absolute atomic E-state index is 12.5. The highest BCUT2D eigenvalue weighted by atomic mass is 35.5. The number of nitrogens with one attached hydrogen (secondary N) is 2. The Kier molecular flexibility index (Phi) is 7.24. The summed E-state index contributed by atoms with van der Waals surface area (Å²) in [6, 6.07) is 13.2. The summed E-state index contributed by atoms with van der Waals surface area (Å²) in [5.41, 5.74) is 1.58. The molecule has 0 aliphatic carbocycles. The number of halogens is 1. The molecule has 0 aliphatic heterocycles. The van der Waals surface area contributed by atoms with E-state index in [1.54, 1.807) is 31.4 Å². The van der Waals surface area contributed by atoms with Crippen LogP contribution in [-0.4, -0.2) is 27.7 Å². The lowest BCUT2D eigenvalue weighted by atomic mass is 10.0. The summed E-state index contributed by atoms with van der Waals surface area (Å²) in [5.74, 6) is 0.465. The van der Waals surface area contributed by atoms with E-state index in [2.05, 4.69) is 10.0 Å². The number of carbonyl (C=O) groups excluding carboxylic acids is 1. The molecule has 27 heavy (non-hydrogen) atoms. The molecule has 0 saturated heterocycles. The molecule has 6 nitrogen and oxygen atoms in total. The Hall–Kier alpha value is -2.09. The Morgan fingerprint density at radius 1 is 1.07 bits per heavy atom. The van der Waals surface area contributed by atoms with Gasteiger partial charge in [0.2, 0.25) is 15.9 Å². The number of benzene rings is 2. The van der Waals surface area contributed by atoms with Crippen molar-refractivity contribution in [2.45, 2.75) is 25.4 Å². The van der Waals surface area contributed by atoms with Crippen LogP contribution in [0.25, 0.3) is 0 Å². The van der Waals surface area contributed by atoms with Crippen LogP contribution in [-0.2, 0) is 14.8 Å². The highest BCUT2D eigenvalue weighted by Gasteiger charge is 2.21. The molecule has 1 amide bonds. The van der Waals surface area contributed by atoms with Crippen LogP contribution in [0.5, 0.6) is 5.75 Å². The molecule has 0 aromatic heterocycles. The zero-order valence-corrected chi connectivity index (χ0v) is 17.0. The van der Waals surface area contributed by atoms with Crippen LogP contribution in [0.4, 0.5) is 0 Å². The van der Waals surface area contributed by atoms with Gasteiger partial charge in [-0.15, -0.1) is 0 Å². The third kappa shape index (κ3) is 6.86.